The molecule has 0 heterocycles. The second kappa shape index (κ2) is 8.14. The lowest BCUT2D eigenvalue weighted by Crippen LogP contribution is -2.34. The summed E-state index contributed by atoms with van der Waals surface area (Å²) in [5, 5.41) is 0. The Bertz CT molecular complexity index is 572. The molecule has 0 aliphatic carbocycles. The molecule has 0 unspecified atom stereocenters. The van der Waals surface area contributed by atoms with Crippen molar-refractivity contribution in [2.45, 2.75) is 11.4 Å². The fraction of sp³-hybridized carbons (Fsp3) is 0.429. The van der Waals surface area contributed by atoms with Gasteiger partial charge in [0.05, 0.1) is 18.6 Å². The Morgan fingerprint density at radius 3 is 2.62 bits per heavy atom. The maximum atomic E-state index is 12.6. The van der Waals surface area contributed by atoms with Crippen molar-refractivity contribution < 1.29 is 17.9 Å². The van der Waals surface area contributed by atoms with Crippen LogP contribution in [0.1, 0.15) is 5.56 Å². The fourth-order valence-corrected chi connectivity index (χ4v) is 3.32. The van der Waals surface area contributed by atoms with Gasteiger partial charge in [-0.3, -0.25) is 0 Å². The van der Waals surface area contributed by atoms with Crippen LogP contribution in [0.3, 0.4) is 0 Å². The Morgan fingerprint density at radius 2 is 2.10 bits per heavy atom. The number of sulfonamides is 1. The van der Waals surface area contributed by atoms with Crippen LogP contribution in [0.5, 0.6) is 5.75 Å². The number of rotatable bonds is 9. The van der Waals surface area contributed by atoms with Crippen LogP contribution in [0.25, 0.3) is 0 Å². The van der Waals surface area contributed by atoms with Crippen molar-refractivity contribution in [3.05, 3.63) is 36.4 Å². The summed E-state index contributed by atoms with van der Waals surface area (Å²) in [6.45, 7) is 4.58. The highest BCUT2D eigenvalue weighted by atomic mass is 32.2. The number of hydrogen-bond acceptors (Lipinski definition) is 5. The average molecular weight is 314 g/mol. The molecule has 0 aliphatic rings. The highest BCUT2D eigenvalue weighted by Gasteiger charge is 2.24. The van der Waals surface area contributed by atoms with E-state index in [0.29, 0.717) is 17.9 Å². The number of ether oxygens (including phenoxy) is 2. The van der Waals surface area contributed by atoms with Gasteiger partial charge in [-0.15, -0.1) is 6.58 Å². The average Bonchev–Trinajstić information content (AvgIpc) is 2.50. The maximum absolute atomic E-state index is 12.6. The van der Waals surface area contributed by atoms with E-state index in [1.165, 1.54) is 30.7 Å². The first-order chi connectivity index (χ1) is 10.0. The quantitative estimate of drug-likeness (QED) is 0.687. The monoisotopic (exact) mass is 314 g/mol. The first kappa shape index (κ1) is 17.6. The number of nitrogens with two attached hydrogens (primary N) is 1. The SMILES string of the molecule is C=CCN(CCOC)S(=O)(=O)c1ccc(OC)c(CN)c1. The molecular weight excluding hydrogens is 292 g/mol. The van der Waals surface area contributed by atoms with Crippen molar-refractivity contribution in [2.24, 2.45) is 5.73 Å². The summed E-state index contributed by atoms with van der Waals surface area (Å²) in [6, 6.07) is 4.66. The molecular formula is C14H22N2O4S. The predicted octanol–water partition coefficient (Wildman–Crippen LogP) is 0.977. The lowest BCUT2D eigenvalue weighted by Gasteiger charge is -2.21. The summed E-state index contributed by atoms with van der Waals surface area (Å²) in [4.78, 5) is 0.182. The van der Waals surface area contributed by atoms with Crippen LogP contribution in [0, 0.1) is 0 Å². The van der Waals surface area contributed by atoms with Crippen molar-refractivity contribution in [1.29, 1.82) is 0 Å². The summed E-state index contributed by atoms with van der Waals surface area (Å²) in [7, 11) is -0.577. The zero-order valence-electron chi connectivity index (χ0n) is 12.4. The van der Waals surface area contributed by atoms with Gasteiger partial charge in [-0.25, -0.2) is 8.42 Å². The largest absolute Gasteiger partial charge is 0.496 e. The van der Waals surface area contributed by atoms with Crippen molar-refractivity contribution in [2.75, 3.05) is 33.9 Å². The Kier molecular flexibility index (Phi) is 6.83. The Balaban J connectivity index is 3.17. The van der Waals surface area contributed by atoms with E-state index in [4.69, 9.17) is 15.2 Å². The molecule has 118 valence electrons. The topological polar surface area (TPSA) is 81.9 Å². The minimum Gasteiger partial charge on any atom is -0.496 e. The van der Waals surface area contributed by atoms with Gasteiger partial charge in [-0.2, -0.15) is 4.31 Å². The van der Waals surface area contributed by atoms with E-state index in [2.05, 4.69) is 6.58 Å². The molecule has 0 spiro atoms. The van der Waals surface area contributed by atoms with E-state index < -0.39 is 10.0 Å². The molecule has 0 aliphatic heterocycles. The van der Waals surface area contributed by atoms with Crippen LogP contribution in [-0.2, 0) is 21.3 Å². The molecule has 0 aromatic heterocycles. The molecule has 7 heteroatoms. The molecule has 0 saturated carbocycles. The van der Waals surface area contributed by atoms with Gasteiger partial charge >= 0.3 is 0 Å². The molecule has 2 N–H and O–H groups in total. The standard InChI is InChI=1S/C14H22N2O4S/c1-4-7-16(8-9-19-2)21(17,18)13-5-6-14(20-3)12(10-13)11-15/h4-6,10H,1,7-9,11,15H2,2-3H3. The van der Waals surface area contributed by atoms with Crippen LogP contribution in [0.4, 0.5) is 0 Å². The predicted molar refractivity (Wildman–Crippen MR) is 81.7 cm³/mol. The Labute approximate surface area is 126 Å². The van der Waals surface area contributed by atoms with E-state index in [0.717, 1.165) is 0 Å². The van der Waals surface area contributed by atoms with E-state index >= 15 is 0 Å². The molecule has 1 aromatic rings. The summed E-state index contributed by atoms with van der Waals surface area (Å²) in [5.74, 6) is 0.573. The molecule has 1 aromatic carbocycles. The number of benzene rings is 1. The van der Waals surface area contributed by atoms with Crippen LogP contribution in [0.15, 0.2) is 35.7 Å². The molecule has 0 bridgehead atoms. The highest BCUT2D eigenvalue weighted by molar-refractivity contribution is 7.89. The third kappa shape index (κ3) is 4.28. The first-order valence-electron chi connectivity index (χ1n) is 6.48. The fourth-order valence-electron chi connectivity index (χ4n) is 1.87. The highest BCUT2D eigenvalue weighted by Crippen LogP contribution is 2.24. The lowest BCUT2D eigenvalue weighted by atomic mass is 10.2. The summed E-state index contributed by atoms with van der Waals surface area (Å²) in [6.07, 6.45) is 1.54. The van der Waals surface area contributed by atoms with E-state index in [1.807, 2.05) is 0 Å². The summed E-state index contributed by atoms with van der Waals surface area (Å²) >= 11 is 0. The second-order valence-corrected chi connectivity index (χ2v) is 6.26. The minimum absolute atomic E-state index is 0.182. The zero-order chi connectivity index (χ0) is 15.9. The van der Waals surface area contributed by atoms with Crippen molar-refractivity contribution in [3.63, 3.8) is 0 Å². The van der Waals surface area contributed by atoms with E-state index in [-0.39, 0.29) is 24.5 Å². The van der Waals surface area contributed by atoms with Crippen LogP contribution in [-0.4, -0.2) is 46.6 Å². The molecule has 0 atom stereocenters. The zero-order valence-corrected chi connectivity index (χ0v) is 13.2. The van der Waals surface area contributed by atoms with Crippen LogP contribution in [0.2, 0.25) is 0 Å². The van der Waals surface area contributed by atoms with Crippen molar-refractivity contribution in [1.82, 2.24) is 4.31 Å². The maximum Gasteiger partial charge on any atom is 0.243 e. The minimum atomic E-state index is -3.62. The normalized spacial score (nSPS) is 11.6. The first-order valence-corrected chi connectivity index (χ1v) is 7.92. The van der Waals surface area contributed by atoms with E-state index in [9.17, 15) is 8.42 Å². The van der Waals surface area contributed by atoms with E-state index in [1.54, 1.807) is 12.1 Å². The molecule has 1 rings (SSSR count). The van der Waals surface area contributed by atoms with Gasteiger partial charge in [0.15, 0.2) is 0 Å². The number of methoxy groups -OCH3 is 2. The third-order valence-corrected chi connectivity index (χ3v) is 4.85. The number of nitrogens with zero attached hydrogens (tertiary/aromatic N) is 1. The number of hydrogen-bond donors (Lipinski definition) is 1. The smallest absolute Gasteiger partial charge is 0.243 e. The third-order valence-electron chi connectivity index (χ3n) is 2.99. The van der Waals surface area contributed by atoms with Crippen LogP contribution < -0.4 is 10.5 Å². The Hall–Kier alpha value is -1.41. The lowest BCUT2D eigenvalue weighted by molar-refractivity contribution is 0.182. The summed E-state index contributed by atoms with van der Waals surface area (Å²) in [5.41, 5.74) is 6.27. The van der Waals surface area contributed by atoms with Gasteiger partial charge in [0.25, 0.3) is 0 Å². The molecule has 0 fully saturated rings. The summed E-state index contributed by atoms with van der Waals surface area (Å²) < 4.78 is 36.7. The molecule has 6 nitrogen and oxygen atoms in total. The van der Waals surface area contributed by atoms with Crippen molar-refractivity contribution >= 4 is 10.0 Å². The van der Waals surface area contributed by atoms with Gasteiger partial charge in [-0.05, 0) is 18.2 Å². The molecule has 0 saturated heterocycles. The second-order valence-electron chi connectivity index (χ2n) is 4.32. The van der Waals surface area contributed by atoms with Gasteiger partial charge in [-0.1, -0.05) is 6.08 Å². The van der Waals surface area contributed by atoms with Crippen LogP contribution >= 0.6 is 0 Å². The van der Waals surface area contributed by atoms with Crippen molar-refractivity contribution in [3.8, 4) is 5.75 Å². The van der Waals surface area contributed by atoms with Gasteiger partial charge in [0, 0.05) is 32.3 Å². The Morgan fingerprint density at radius 1 is 1.38 bits per heavy atom. The van der Waals surface area contributed by atoms with Gasteiger partial charge in [0.1, 0.15) is 5.75 Å². The molecule has 0 amide bonds. The molecule has 21 heavy (non-hydrogen) atoms. The van der Waals surface area contributed by atoms with Gasteiger partial charge < -0.3 is 15.2 Å². The van der Waals surface area contributed by atoms with Gasteiger partial charge in [0.2, 0.25) is 10.0 Å². The molecule has 0 radical (unpaired) electrons.